The van der Waals surface area contributed by atoms with E-state index in [0.29, 0.717) is 30.0 Å². The number of carbonyl (C=O) groups excluding carboxylic acids is 2. The van der Waals surface area contributed by atoms with Gasteiger partial charge in [-0.2, -0.15) is 0 Å². The molecule has 1 aromatic rings. The second-order valence-electron chi connectivity index (χ2n) is 11.5. The van der Waals surface area contributed by atoms with E-state index in [0.717, 1.165) is 44.1 Å². The minimum absolute atomic E-state index is 0.150. The van der Waals surface area contributed by atoms with Gasteiger partial charge in [0.25, 0.3) is 0 Å². The van der Waals surface area contributed by atoms with Crippen molar-refractivity contribution >= 4 is 11.8 Å². The summed E-state index contributed by atoms with van der Waals surface area (Å²) < 4.78 is 4.99. The lowest BCUT2D eigenvalue weighted by atomic mass is 9.47. The fourth-order valence-electron chi connectivity index (χ4n) is 8.23. The first-order valence-corrected chi connectivity index (χ1v) is 12.9. The molecule has 5 rings (SSSR count). The number of ketones is 1. The van der Waals surface area contributed by atoms with Gasteiger partial charge in [-0.1, -0.05) is 50.3 Å². The third-order valence-corrected chi connectivity index (χ3v) is 10.1. The zero-order valence-corrected chi connectivity index (χ0v) is 20.4. The molecule has 0 saturated heterocycles. The molecule has 4 aliphatic rings. The summed E-state index contributed by atoms with van der Waals surface area (Å²) in [5.41, 5.74) is 3.75. The standard InChI is InChI=1S/C30H38O3/c1-29-17-15-21(28(32)33-3)19-22(29)10-11-23-24-12-13-26(30(24,2)18-16-25(23)29)27(31)14-9-20-7-5-4-6-8-20/h4-8,10,19,23-26H,9,11-18H2,1-3H3/t23-,24-,25-,26+,29-,30-/m0/s1. The van der Waals surface area contributed by atoms with E-state index in [2.05, 4.69) is 50.3 Å². The molecule has 0 radical (unpaired) electrons. The average molecular weight is 447 g/mol. The number of methoxy groups -OCH3 is 1. The molecule has 0 bridgehead atoms. The van der Waals surface area contributed by atoms with Crippen molar-refractivity contribution in [3.05, 3.63) is 59.2 Å². The molecule has 3 heteroatoms. The number of esters is 1. The van der Waals surface area contributed by atoms with E-state index in [1.54, 1.807) is 0 Å². The Hall–Kier alpha value is -2.16. The van der Waals surface area contributed by atoms with Crippen molar-refractivity contribution in [3.63, 3.8) is 0 Å². The van der Waals surface area contributed by atoms with E-state index in [9.17, 15) is 9.59 Å². The fraction of sp³-hybridized carbons (Fsp3) is 0.600. The number of ether oxygens (including phenoxy) is 1. The first-order chi connectivity index (χ1) is 15.9. The largest absolute Gasteiger partial charge is 0.466 e. The van der Waals surface area contributed by atoms with Crippen LogP contribution in [0.3, 0.4) is 0 Å². The molecule has 0 unspecified atom stereocenters. The highest BCUT2D eigenvalue weighted by molar-refractivity contribution is 5.89. The van der Waals surface area contributed by atoms with Crippen molar-refractivity contribution in [1.29, 1.82) is 0 Å². The molecule has 0 amide bonds. The first-order valence-electron chi connectivity index (χ1n) is 12.9. The van der Waals surface area contributed by atoms with Crippen molar-refractivity contribution in [2.75, 3.05) is 7.11 Å². The molecule has 0 aliphatic heterocycles. The number of benzene rings is 1. The molecule has 0 spiro atoms. The second-order valence-corrected chi connectivity index (χ2v) is 11.5. The van der Waals surface area contributed by atoms with Crippen LogP contribution in [-0.4, -0.2) is 18.9 Å². The maximum absolute atomic E-state index is 13.4. The van der Waals surface area contributed by atoms with E-state index < -0.39 is 0 Å². The Bertz CT molecular complexity index is 989. The lowest BCUT2D eigenvalue weighted by Crippen LogP contribution is -2.50. The van der Waals surface area contributed by atoms with Crippen LogP contribution < -0.4 is 0 Å². The van der Waals surface area contributed by atoms with Crippen LogP contribution in [0.1, 0.15) is 70.8 Å². The van der Waals surface area contributed by atoms with Crippen LogP contribution >= 0.6 is 0 Å². The molecule has 0 aromatic heterocycles. The summed E-state index contributed by atoms with van der Waals surface area (Å²) >= 11 is 0. The van der Waals surface area contributed by atoms with Gasteiger partial charge in [-0.05, 0) is 97.2 Å². The van der Waals surface area contributed by atoms with Crippen LogP contribution in [0.5, 0.6) is 0 Å². The predicted octanol–water partition coefficient (Wildman–Crippen LogP) is 6.48. The highest BCUT2D eigenvalue weighted by Crippen LogP contribution is 2.66. The van der Waals surface area contributed by atoms with Gasteiger partial charge in [-0.25, -0.2) is 4.79 Å². The van der Waals surface area contributed by atoms with Gasteiger partial charge in [0.15, 0.2) is 0 Å². The topological polar surface area (TPSA) is 43.4 Å². The highest BCUT2D eigenvalue weighted by atomic mass is 16.5. The Morgan fingerprint density at radius 3 is 2.58 bits per heavy atom. The fourth-order valence-corrected chi connectivity index (χ4v) is 8.23. The number of Topliss-reactive ketones (excluding diaryl/α,β-unsaturated/α-hetero) is 1. The second kappa shape index (κ2) is 8.56. The molecular formula is C30H38O3. The smallest absolute Gasteiger partial charge is 0.333 e. The Balaban J connectivity index is 1.33. The third kappa shape index (κ3) is 3.72. The van der Waals surface area contributed by atoms with Gasteiger partial charge in [0.2, 0.25) is 0 Å². The van der Waals surface area contributed by atoms with Crippen LogP contribution in [0.15, 0.2) is 53.6 Å². The highest BCUT2D eigenvalue weighted by Gasteiger charge is 2.59. The summed E-state index contributed by atoms with van der Waals surface area (Å²) in [6, 6.07) is 10.4. The summed E-state index contributed by atoms with van der Waals surface area (Å²) in [6.45, 7) is 4.87. The number of rotatable bonds is 5. The molecule has 0 N–H and O–H groups in total. The molecular weight excluding hydrogens is 408 g/mol. The average Bonchev–Trinajstić information content (AvgIpc) is 3.19. The number of fused-ring (bicyclic) bond motifs is 5. The molecule has 1 aromatic carbocycles. The van der Waals surface area contributed by atoms with Gasteiger partial charge < -0.3 is 4.74 Å². The minimum Gasteiger partial charge on any atom is -0.466 e. The Kier molecular flexibility index (Phi) is 5.87. The van der Waals surface area contributed by atoms with Crippen molar-refractivity contribution < 1.29 is 14.3 Å². The lowest BCUT2D eigenvalue weighted by Gasteiger charge is -2.57. The summed E-state index contributed by atoms with van der Waals surface area (Å²) in [5, 5.41) is 0. The van der Waals surface area contributed by atoms with Crippen molar-refractivity contribution in [2.45, 2.75) is 71.6 Å². The molecule has 176 valence electrons. The van der Waals surface area contributed by atoms with E-state index in [1.165, 1.54) is 31.1 Å². The van der Waals surface area contributed by atoms with Crippen LogP contribution in [-0.2, 0) is 20.7 Å². The number of hydrogen-bond acceptors (Lipinski definition) is 3. The monoisotopic (exact) mass is 446 g/mol. The van der Waals surface area contributed by atoms with Gasteiger partial charge >= 0.3 is 5.97 Å². The Morgan fingerprint density at radius 2 is 1.82 bits per heavy atom. The summed E-state index contributed by atoms with van der Waals surface area (Å²) in [4.78, 5) is 25.5. The van der Waals surface area contributed by atoms with Crippen molar-refractivity contribution in [3.8, 4) is 0 Å². The molecule has 0 heterocycles. The van der Waals surface area contributed by atoms with Gasteiger partial charge in [0, 0.05) is 17.9 Å². The number of carbonyl (C=O) groups is 2. The lowest BCUT2D eigenvalue weighted by molar-refractivity contribution is -0.136. The molecule has 33 heavy (non-hydrogen) atoms. The maximum Gasteiger partial charge on any atom is 0.333 e. The third-order valence-electron chi connectivity index (χ3n) is 10.1. The van der Waals surface area contributed by atoms with E-state index in [-0.39, 0.29) is 22.7 Å². The maximum atomic E-state index is 13.4. The summed E-state index contributed by atoms with van der Waals surface area (Å²) in [6.07, 6.45) is 13.6. The zero-order chi connectivity index (χ0) is 23.2. The van der Waals surface area contributed by atoms with Crippen LogP contribution in [0.25, 0.3) is 0 Å². The number of hydrogen-bond donors (Lipinski definition) is 0. The molecule has 4 aliphatic carbocycles. The zero-order valence-electron chi connectivity index (χ0n) is 20.4. The van der Waals surface area contributed by atoms with Crippen molar-refractivity contribution in [1.82, 2.24) is 0 Å². The molecule has 2 saturated carbocycles. The summed E-state index contributed by atoms with van der Waals surface area (Å²) in [5.74, 6) is 2.50. The van der Waals surface area contributed by atoms with Gasteiger partial charge in [0.05, 0.1) is 7.11 Å². The Labute approximate surface area is 198 Å². The SMILES string of the molecule is COC(=O)C1=CC2=CC[C@H]3[C@@H]4CC[C@H](C(=O)CCc5ccccc5)[C@@]4(C)CC[C@@H]3[C@@]2(C)CC1. The molecule has 3 nitrogen and oxygen atoms in total. The van der Waals surface area contributed by atoms with Gasteiger partial charge in [-0.15, -0.1) is 0 Å². The van der Waals surface area contributed by atoms with Crippen LogP contribution in [0.2, 0.25) is 0 Å². The summed E-state index contributed by atoms with van der Waals surface area (Å²) in [7, 11) is 1.47. The van der Waals surface area contributed by atoms with E-state index in [4.69, 9.17) is 4.74 Å². The van der Waals surface area contributed by atoms with E-state index in [1.807, 2.05) is 6.07 Å². The number of aryl methyl sites for hydroxylation is 1. The normalized spacial score (nSPS) is 37.2. The minimum atomic E-state index is -0.177. The van der Waals surface area contributed by atoms with Crippen LogP contribution in [0, 0.1) is 34.5 Å². The molecule has 2 fully saturated rings. The van der Waals surface area contributed by atoms with Crippen molar-refractivity contribution in [2.24, 2.45) is 34.5 Å². The predicted molar refractivity (Wildman–Crippen MR) is 130 cm³/mol. The van der Waals surface area contributed by atoms with Crippen LogP contribution in [0.4, 0.5) is 0 Å². The number of allylic oxidation sites excluding steroid dienone is 3. The Morgan fingerprint density at radius 1 is 1.03 bits per heavy atom. The van der Waals surface area contributed by atoms with Gasteiger partial charge in [-0.3, -0.25) is 4.79 Å². The first kappa shape index (κ1) is 22.6. The van der Waals surface area contributed by atoms with Gasteiger partial charge in [0.1, 0.15) is 5.78 Å². The quantitative estimate of drug-likeness (QED) is 0.486. The molecule has 6 atom stereocenters. The van der Waals surface area contributed by atoms with E-state index >= 15 is 0 Å².